The summed E-state index contributed by atoms with van der Waals surface area (Å²) in [5, 5.41) is 0. The maximum absolute atomic E-state index is 12.3. The van der Waals surface area contributed by atoms with Gasteiger partial charge in [0.2, 0.25) is 0 Å². The van der Waals surface area contributed by atoms with Crippen LogP contribution in [0.4, 0.5) is 0 Å². The third kappa shape index (κ3) is 8.45. The lowest BCUT2D eigenvalue weighted by atomic mass is 9.77. The fourth-order valence-corrected chi connectivity index (χ4v) is 2.34. The molecule has 0 aliphatic carbocycles. The zero-order valence-corrected chi connectivity index (χ0v) is 15.6. The fraction of sp³-hybridized carbons (Fsp3) is 0.944. The topological polar surface area (TPSA) is 35.5 Å². The number of rotatable bonds is 8. The molecule has 0 spiro atoms. The van der Waals surface area contributed by atoms with Crippen molar-refractivity contribution in [3.05, 3.63) is 0 Å². The van der Waals surface area contributed by atoms with Gasteiger partial charge in [0.15, 0.2) is 0 Å². The van der Waals surface area contributed by atoms with Crippen LogP contribution < -0.4 is 0 Å². The fourth-order valence-electron chi connectivity index (χ4n) is 2.34. The molecule has 0 rings (SSSR count). The Hall–Kier alpha value is -0.570. The van der Waals surface area contributed by atoms with Gasteiger partial charge in [-0.15, -0.1) is 0 Å². The number of carbonyl (C=O) groups excluding carboxylic acids is 1. The molecule has 126 valence electrons. The summed E-state index contributed by atoms with van der Waals surface area (Å²) < 4.78 is 11.4. The summed E-state index contributed by atoms with van der Waals surface area (Å²) >= 11 is 0. The zero-order chi connectivity index (χ0) is 16.8. The SMILES string of the molecule is CC(C)OCCC(C)C(=O)OC(C)(CC(C)(C)C)C(C)C. The number of hydrogen-bond donors (Lipinski definition) is 0. The van der Waals surface area contributed by atoms with Crippen LogP contribution in [0, 0.1) is 17.3 Å². The van der Waals surface area contributed by atoms with Gasteiger partial charge in [0.1, 0.15) is 5.60 Å². The average molecular weight is 300 g/mol. The van der Waals surface area contributed by atoms with Crippen LogP contribution in [0.2, 0.25) is 0 Å². The first-order valence-electron chi connectivity index (χ1n) is 8.22. The molecular formula is C18H36O3. The molecule has 0 aliphatic heterocycles. The first kappa shape index (κ1) is 20.4. The quantitative estimate of drug-likeness (QED) is 0.602. The van der Waals surface area contributed by atoms with Gasteiger partial charge >= 0.3 is 5.97 Å². The van der Waals surface area contributed by atoms with Crippen molar-refractivity contribution in [1.29, 1.82) is 0 Å². The molecule has 2 unspecified atom stereocenters. The summed E-state index contributed by atoms with van der Waals surface area (Å²) in [6.07, 6.45) is 1.77. The predicted octanol–water partition coefficient (Wildman–Crippen LogP) is 4.83. The van der Waals surface area contributed by atoms with Crippen molar-refractivity contribution < 1.29 is 14.3 Å². The number of carbonyl (C=O) groups is 1. The molecule has 0 aromatic carbocycles. The Morgan fingerprint density at radius 1 is 1.00 bits per heavy atom. The molecule has 21 heavy (non-hydrogen) atoms. The monoisotopic (exact) mass is 300 g/mol. The highest BCUT2D eigenvalue weighted by Crippen LogP contribution is 2.35. The molecule has 0 saturated carbocycles. The van der Waals surface area contributed by atoms with E-state index in [9.17, 15) is 4.79 Å². The predicted molar refractivity (Wildman–Crippen MR) is 88.3 cm³/mol. The Kier molecular flexibility index (Phi) is 7.94. The number of esters is 1. The molecule has 0 aliphatic rings. The number of ether oxygens (including phenoxy) is 2. The van der Waals surface area contributed by atoms with Crippen LogP contribution >= 0.6 is 0 Å². The van der Waals surface area contributed by atoms with E-state index < -0.39 is 5.60 Å². The van der Waals surface area contributed by atoms with E-state index in [1.807, 2.05) is 20.8 Å². The van der Waals surface area contributed by atoms with Gasteiger partial charge in [-0.2, -0.15) is 0 Å². The Morgan fingerprint density at radius 3 is 1.90 bits per heavy atom. The van der Waals surface area contributed by atoms with E-state index in [1.54, 1.807) is 0 Å². The summed E-state index contributed by atoms with van der Waals surface area (Å²) in [5.41, 5.74) is -0.286. The molecule has 3 nitrogen and oxygen atoms in total. The van der Waals surface area contributed by atoms with Crippen LogP contribution in [-0.4, -0.2) is 24.3 Å². The van der Waals surface area contributed by atoms with Gasteiger partial charge in [-0.05, 0) is 44.9 Å². The normalized spacial score (nSPS) is 16.9. The third-order valence-corrected chi connectivity index (χ3v) is 3.84. The molecule has 3 heteroatoms. The second-order valence-electron chi connectivity index (χ2n) is 8.24. The summed E-state index contributed by atoms with van der Waals surface area (Å²) in [4.78, 5) is 12.3. The van der Waals surface area contributed by atoms with Crippen LogP contribution in [0.15, 0.2) is 0 Å². The van der Waals surface area contributed by atoms with Crippen LogP contribution in [0.1, 0.15) is 75.2 Å². The minimum absolute atomic E-state index is 0.109. The Morgan fingerprint density at radius 2 is 1.52 bits per heavy atom. The van der Waals surface area contributed by atoms with Crippen molar-refractivity contribution in [2.24, 2.45) is 17.3 Å². The lowest BCUT2D eigenvalue weighted by Gasteiger charge is -2.39. The van der Waals surface area contributed by atoms with E-state index >= 15 is 0 Å². The molecule has 0 amide bonds. The number of hydrogen-bond acceptors (Lipinski definition) is 3. The maximum Gasteiger partial charge on any atom is 0.309 e. The van der Waals surface area contributed by atoms with Crippen molar-refractivity contribution in [1.82, 2.24) is 0 Å². The molecule has 0 radical (unpaired) electrons. The second kappa shape index (κ2) is 8.17. The van der Waals surface area contributed by atoms with Crippen LogP contribution in [-0.2, 0) is 14.3 Å². The molecule has 0 heterocycles. The first-order chi connectivity index (χ1) is 9.37. The highest BCUT2D eigenvalue weighted by atomic mass is 16.6. The standard InChI is InChI=1S/C18H36O3/c1-13(2)18(9,12-17(6,7)8)21-16(19)15(5)10-11-20-14(3)4/h13-15H,10-12H2,1-9H3. The van der Waals surface area contributed by atoms with Crippen LogP contribution in [0.5, 0.6) is 0 Å². The molecular weight excluding hydrogens is 264 g/mol. The molecule has 2 atom stereocenters. The molecule has 0 bridgehead atoms. The highest BCUT2D eigenvalue weighted by molar-refractivity contribution is 5.72. The van der Waals surface area contributed by atoms with Crippen LogP contribution in [0.3, 0.4) is 0 Å². The molecule has 0 saturated heterocycles. The Labute approximate surface area is 131 Å². The van der Waals surface area contributed by atoms with Crippen molar-refractivity contribution >= 4 is 5.97 Å². The molecule has 0 fully saturated rings. The van der Waals surface area contributed by atoms with E-state index in [-0.39, 0.29) is 23.4 Å². The van der Waals surface area contributed by atoms with E-state index in [0.717, 1.165) is 6.42 Å². The van der Waals surface area contributed by atoms with Gasteiger partial charge in [0.05, 0.1) is 12.0 Å². The van der Waals surface area contributed by atoms with Crippen molar-refractivity contribution in [3.8, 4) is 0 Å². The molecule has 0 aromatic rings. The smallest absolute Gasteiger partial charge is 0.309 e. The van der Waals surface area contributed by atoms with E-state index in [2.05, 4.69) is 41.5 Å². The van der Waals surface area contributed by atoms with E-state index in [1.165, 1.54) is 0 Å². The van der Waals surface area contributed by atoms with E-state index in [0.29, 0.717) is 18.9 Å². The minimum Gasteiger partial charge on any atom is -0.459 e. The highest BCUT2D eigenvalue weighted by Gasteiger charge is 2.37. The summed E-state index contributed by atoms with van der Waals surface area (Å²) in [5.74, 6) is 0.0596. The van der Waals surface area contributed by atoms with Gasteiger partial charge in [-0.3, -0.25) is 4.79 Å². The van der Waals surface area contributed by atoms with Gasteiger partial charge in [0, 0.05) is 6.61 Å². The van der Waals surface area contributed by atoms with Gasteiger partial charge < -0.3 is 9.47 Å². The van der Waals surface area contributed by atoms with Crippen LogP contribution in [0.25, 0.3) is 0 Å². The largest absolute Gasteiger partial charge is 0.459 e. The third-order valence-electron chi connectivity index (χ3n) is 3.84. The second-order valence-corrected chi connectivity index (χ2v) is 8.24. The van der Waals surface area contributed by atoms with Gasteiger partial charge in [-0.1, -0.05) is 41.5 Å². The summed E-state index contributed by atoms with van der Waals surface area (Å²) in [6, 6.07) is 0. The first-order valence-corrected chi connectivity index (χ1v) is 8.22. The lowest BCUT2D eigenvalue weighted by Crippen LogP contribution is -2.42. The maximum atomic E-state index is 12.3. The van der Waals surface area contributed by atoms with Gasteiger partial charge in [0.25, 0.3) is 0 Å². The van der Waals surface area contributed by atoms with Crippen molar-refractivity contribution in [3.63, 3.8) is 0 Å². The molecule has 0 aromatic heterocycles. The lowest BCUT2D eigenvalue weighted by molar-refractivity contribution is -0.171. The Balaban J connectivity index is 4.60. The van der Waals surface area contributed by atoms with Gasteiger partial charge in [-0.25, -0.2) is 0 Å². The summed E-state index contributed by atoms with van der Waals surface area (Å²) in [7, 11) is 0. The average Bonchev–Trinajstić information content (AvgIpc) is 2.25. The summed E-state index contributed by atoms with van der Waals surface area (Å²) in [6.45, 7) is 19.4. The van der Waals surface area contributed by atoms with Crippen molar-refractivity contribution in [2.75, 3.05) is 6.61 Å². The van der Waals surface area contributed by atoms with Crippen molar-refractivity contribution in [2.45, 2.75) is 86.9 Å². The molecule has 0 N–H and O–H groups in total. The Bertz CT molecular complexity index is 315. The van der Waals surface area contributed by atoms with E-state index in [4.69, 9.17) is 9.47 Å². The zero-order valence-electron chi connectivity index (χ0n) is 15.6. The minimum atomic E-state index is -0.414.